The Bertz CT molecular complexity index is 3340. The predicted molar refractivity (Wildman–Crippen MR) is 221 cm³/mol. The Balaban J connectivity index is 0.00000410. The molecule has 0 amide bonds. The Morgan fingerprint density at radius 2 is 0.836 bits per heavy atom. The van der Waals surface area contributed by atoms with Gasteiger partial charge in [0.2, 0.25) is 0 Å². The Labute approximate surface area is 379 Å². The van der Waals surface area contributed by atoms with E-state index in [-0.39, 0.29) is 92.7 Å². The molecule has 0 unspecified atom stereocenters. The standard InChI is InChI=1S/C33H26N8O14S4.Li.Na/c1-15-8-20(38-41-31-27(59(53,54)55)12-17-10-22(57(47,48)49)14-24(35)29(17)33(31)43)6-7-25(15)39-36-18-2-4-19(5-3-18)37-40-30-26(58(50,51)52)11-16-9-21(56(44,45)46)13-23(34)28(16)32(30)42;;/h2-14,42-43H,34-35H2,1H3,(H,44,45,46)(H,47,48,49)(H,50,51,52)(H,53,54,55);;. The van der Waals surface area contributed by atoms with Crippen LogP contribution in [0.2, 0.25) is 0 Å². The van der Waals surface area contributed by atoms with Crippen molar-refractivity contribution in [1.29, 1.82) is 0 Å². The van der Waals surface area contributed by atoms with Crippen LogP contribution in [0.3, 0.4) is 0 Å². The van der Waals surface area contributed by atoms with E-state index in [1.54, 1.807) is 6.92 Å². The van der Waals surface area contributed by atoms with Gasteiger partial charge in [0.05, 0.1) is 32.5 Å². The van der Waals surface area contributed by atoms with Crippen molar-refractivity contribution in [3.05, 3.63) is 84.4 Å². The number of aromatic hydroxyl groups is 2. The molecule has 0 spiro atoms. The van der Waals surface area contributed by atoms with Crippen LogP contribution in [0.5, 0.6) is 11.5 Å². The second kappa shape index (κ2) is 17.8. The van der Waals surface area contributed by atoms with Gasteiger partial charge in [-0.15, -0.1) is 10.2 Å². The van der Waals surface area contributed by atoms with Crippen LogP contribution in [0.4, 0.5) is 45.5 Å². The van der Waals surface area contributed by atoms with E-state index in [1.807, 2.05) is 0 Å². The first kappa shape index (κ1) is 48.7. The van der Waals surface area contributed by atoms with Crippen molar-refractivity contribution in [3.8, 4) is 11.5 Å². The second-order valence-electron chi connectivity index (χ2n) is 12.4. The summed E-state index contributed by atoms with van der Waals surface area (Å²) in [6.07, 6.45) is 0. The zero-order valence-corrected chi connectivity index (χ0v) is 36.7. The molecule has 6 aromatic carbocycles. The molecule has 6 rings (SSSR count). The van der Waals surface area contributed by atoms with Crippen LogP contribution in [0.1, 0.15) is 5.56 Å². The third-order valence-electron chi connectivity index (χ3n) is 8.29. The van der Waals surface area contributed by atoms with Gasteiger partial charge in [-0.3, -0.25) is 18.2 Å². The molecule has 28 heteroatoms. The summed E-state index contributed by atoms with van der Waals surface area (Å²) in [6.45, 7) is 1.63. The SMILES string of the molecule is Cc1cc(N=Nc2c(S(=O)(=O)O)cc3cc(S(=O)(=O)O)cc(N)c3c2O)ccc1N=Nc1ccc(N=Nc2c(S(=O)(=O)O)cc3cc(S(=O)(=O)O)cc(N)c3c2O)cc1.[Li].[Na]. The summed E-state index contributed by atoms with van der Waals surface area (Å²) in [7, 11) is -19.7. The van der Waals surface area contributed by atoms with Crippen LogP contribution in [-0.4, -0.2) is 111 Å². The minimum Gasteiger partial charge on any atom is -0.505 e. The predicted octanol–water partition coefficient (Wildman–Crippen LogP) is 6.35. The van der Waals surface area contributed by atoms with Crippen LogP contribution in [-0.2, 0) is 40.5 Å². The van der Waals surface area contributed by atoms with Gasteiger partial charge in [-0.25, -0.2) is 0 Å². The zero-order chi connectivity index (χ0) is 43.4. The number of azo groups is 3. The Hall–Kier alpha value is -4.92. The second-order valence-corrected chi connectivity index (χ2v) is 18.0. The summed E-state index contributed by atoms with van der Waals surface area (Å²) in [4.78, 5) is -3.27. The summed E-state index contributed by atoms with van der Waals surface area (Å²) in [6, 6.07) is 15.0. The van der Waals surface area contributed by atoms with Gasteiger partial charge < -0.3 is 21.7 Å². The van der Waals surface area contributed by atoms with Crippen molar-refractivity contribution < 1.29 is 62.1 Å². The maximum atomic E-state index is 12.2. The summed E-state index contributed by atoms with van der Waals surface area (Å²) in [5, 5.41) is 44.6. The Kier molecular flexibility index (Phi) is 14.2. The molecule has 0 bridgehead atoms. The van der Waals surface area contributed by atoms with Gasteiger partial charge in [-0.2, -0.15) is 54.1 Å². The molecule has 0 atom stereocenters. The molecular weight excluding hydrogens is 891 g/mol. The molecular formula is C33H26LiN8NaO14S4. The molecule has 0 aromatic heterocycles. The summed E-state index contributed by atoms with van der Waals surface area (Å²) in [5.74, 6) is -1.71. The molecule has 0 heterocycles. The van der Waals surface area contributed by atoms with Gasteiger partial charge >= 0.3 is 0 Å². The molecule has 2 radical (unpaired) electrons. The number of rotatable bonds is 10. The third kappa shape index (κ3) is 10.6. The van der Waals surface area contributed by atoms with E-state index in [4.69, 9.17) is 11.5 Å². The number of nitrogen functional groups attached to an aromatic ring is 2. The molecule has 0 aliphatic heterocycles. The van der Waals surface area contributed by atoms with E-state index in [0.29, 0.717) is 16.9 Å². The first-order chi connectivity index (χ1) is 27.3. The molecule has 0 saturated heterocycles. The van der Waals surface area contributed by atoms with E-state index in [0.717, 1.165) is 36.4 Å². The van der Waals surface area contributed by atoms with E-state index >= 15 is 0 Å². The Morgan fingerprint density at radius 1 is 0.475 bits per heavy atom. The molecule has 0 saturated carbocycles. The minimum atomic E-state index is -5.08. The van der Waals surface area contributed by atoms with Gasteiger partial charge in [0, 0.05) is 70.6 Å². The van der Waals surface area contributed by atoms with E-state index < -0.39 is 82.9 Å². The number of phenolic OH excluding ortho intramolecular Hbond substituents is 2. The monoisotopic (exact) mass is 916 g/mol. The molecule has 6 aromatic rings. The van der Waals surface area contributed by atoms with Crippen molar-refractivity contribution in [2.24, 2.45) is 30.7 Å². The third-order valence-corrected chi connectivity index (χ3v) is 11.7. The quantitative estimate of drug-likeness (QED) is 0.0321. The van der Waals surface area contributed by atoms with Crippen molar-refractivity contribution in [3.63, 3.8) is 0 Å². The maximum absolute atomic E-state index is 12.2. The number of fused-ring (bicyclic) bond motifs is 2. The van der Waals surface area contributed by atoms with Crippen LogP contribution in [0.25, 0.3) is 21.5 Å². The molecule has 0 fully saturated rings. The molecule has 0 aliphatic carbocycles. The largest absolute Gasteiger partial charge is 0.505 e. The molecule has 308 valence electrons. The number of benzene rings is 6. The first-order valence-electron chi connectivity index (χ1n) is 15.9. The molecule has 61 heavy (non-hydrogen) atoms. The number of hydrogen-bond acceptors (Lipinski definition) is 18. The smallest absolute Gasteiger partial charge is 0.296 e. The fraction of sp³-hybridized carbons (Fsp3) is 0.0303. The number of phenols is 2. The van der Waals surface area contributed by atoms with Gasteiger partial charge in [-0.1, -0.05) is 0 Å². The summed E-state index contributed by atoms with van der Waals surface area (Å²) < 4.78 is 134. The fourth-order valence-electron chi connectivity index (χ4n) is 5.59. The minimum absolute atomic E-state index is 0. The van der Waals surface area contributed by atoms with Crippen LogP contribution >= 0.6 is 0 Å². The fourth-order valence-corrected chi connectivity index (χ4v) is 8.01. The first-order valence-corrected chi connectivity index (χ1v) is 21.6. The number of hydrogen-bond donors (Lipinski definition) is 8. The normalized spacial score (nSPS) is 12.7. The van der Waals surface area contributed by atoms with Gasteiger partial charge in [-0.05, 0) is 102 Å². The van der Waals surface area contributed by atoms with Crippen LogP contribution < -0.4 is 11.5 Å². The van der Waals surface area contributed by atoms with Crippen molar-refractivity contribution in [2.45, 2.75) is 26.5 Å². The van der Waals surface area contributed by atoms with Crippen molar-refractivity contribution in [1.82, 2.24) is 0 Å². The van der Waals surface area contributed by atoms with Crippen LogP contribution in [0, 0.1) is 6.92 Å². The van der Waals surface area contributed by atoms with E-state index in [9.17, 15) is 62.1 Å². The number of nitrogens with zero attached hydrogens (tertiary/aromatic N) is 6. The van der Waals surface area contributed by atoms with E-state index in [1.165, 1.54) is 42.5 Å². The number of aryl methyl sites for hydroxylation is 1. The average molecular weight is 917 g/mol. The average Bonchev–Trinajstić information content (AvgIpc) is 3.12. The van der Waals surface area contributed by atoms with Gasteiger partial charge in [0.25, 0.3) is 40.5 Å². The number of nitrogens with two attached hydrogens (primary N) is 2. The summed E-state index contributed by atoms with van der Waals surface area (Å²) in [5.41, 5.74) is 11.0. The van der Waals surface area contributed by atoms with Crippen molar-refractivity contribution in [2.75, 3.05) is 11.5 Å². The zero-order valence-electron chi connectivity index (χ0n) is 31.4. The van der Waals surface area contributed by atoms with Gasteiger partial charge in [0.1, 0.15) is 21.2 Å². The Morgan fingerprint density at radius 3 is 1.20 bits per heavy atom. The summed E-state index contributed by atoms with van der Waals surface area (Å²) >= 11 is 0. The number of anilines is 2. The molecule has 22 nitrogen and oxygen atoms in total. The topological polar surface area (TPSA) is 384 Å². The molecule has 10 N–H and O–H groups in total. The van der Waals surface area contributed by atoms with Gasteiger partial charge in [0.15, 0.2) is 11.5 Å². The maximum Gasteiger partial charge on any atom is 0.296 e. The van der Waals surface area contributed by atoms with E-state index in [2.05, 4.69) is 30.7 Å². The molecule has 0 aliphatic rings. The van der Waals surface area contributed by atoms with Crippen molar-refractivity contribution >= 4 is 156 Å². The van der Waals surface area contributed by atoms with Crippen LogP contribution in [0.15, 0.2) is 129 Å².